The highest BCUT2D eigenvalue weighted by Gasteiger charge is 2.14. The van der Waals surface area contributed by atoms with Crippen molar-refractivity contribution >= 4 is 15.9 Å². The third kappa shape index (κ3) is 3.97. The Morgan fingerprint density at radius 2 is 1.71 bits per heavy atom. The Balaban J connectivity index is 2.31. The molecule has 0 saturated heterocycles. The van der Waals surface area contributed by atoms with E-state index in [1.54, 1.807) is 14.2 Å². The molecule has 0 radical (unpaired) electrons. The summed E-state index contributed by atoms with van der Waals surface area (Å²) in [6.45, 7) is 0. The minimum atomic E-state index is -0.0345. The second-order valence-corrected chi connectivity index (χ2v) is 5.52. The predicted molar refractivity (Wildman–Crippen MR) is 87.5 cm³/mol. The summed E-state index contributed by atoms with van der Waals surface area (Å²) in [7, 11) is 3.27. The number of halogens is 1. The van der Waals surface area contributed by atoms with Crippen LogP contribution in [0, 0.1) is 0 Å². The quantitative estimate of drug-likeness (QED) is 0.620. The summed E-state index contributed by atoms with van der Waals surface area (Å²) < 4.78 is 11.7. The van der Waals surface area contributed by atoms with Gasteiger partial charge in [-0.1, -0.05) is 34.1 Å². The van der Waals surface area contributed by atoms with Gasteiger partial charge in [0.05, 0.1) is 20.3 Å². The summed E-state index contributed by atoms with van der Waals surface area (Å²) in [4.78, 5) is 0. The highest BCUT2D eigenvalue weighted by atomic mass is 79.9. The molecule has 0 amide bonds. The Bertz CT molecular complexity index is 582. The van der Waals surface area contributed by atoms with Gasteiger partial charge in [0, 0.05) is 10.5 Å². The SMILES string of the molecule is COc1cc(OC)cc(C(Cc2ccccc2Br)NN)c1. The van der Waals surface area contributed by atoms with E-state index in [2.05, 4.69) is 27.4 Å². The molecule has 0 heterocycles. The molecule has 0 bridgehead atoms. The number of hydrogen-bond acceptors (Lipinski definition) is 4. The normalized spacial score (nSPS) is 12.0. The van der Waals surface area contributed by atoms with E-state index in [1.807, 2.05) is 36.4 Å². The lowest BCUT2D eigenvalue weighted by Crippen LogP contribution is -2.29. The van der Waals surface area contributed by atoms with Crippen LogP contribution in [-0.2, 0) is 6.42 Å². The Morgan fingerprint density at radius 3 is 2.24 bits per heavy atom. The van der Waals surface area contributed by atoms with Crippen molar-refractivity contribution in [3.05, 3.63) is 58.1 Å². The zero-order valence-electron chi connectivity index (χ0n) is 12.1. The van der Waals surface area contributed by atoms with Gasteiger partial charge in [-0.05, 0) is 35.7 Å². The molecule has 112 valence electrons. The second kappa shape index (κ2) is 7.45. The van der Waals surface area contributed by atoms with Gasteiger partial charge in [-0.25, -0.2) is 0 Å². The second-order valence-electron chi connectivity index (χ2n) is 4.66. The van der Waals surface area contributed by atoms with Crippen LogP contribution in [0.3, 0.4) is 0 Å². The van der Waals surface area contributed by atoms with Crippen LogP contribution in [0.1, 0.15) is 17.2 Å². The zero-order valence-corrected chi connectivity index (χ0v) is 13.7. The van der Waals surface area contributed by atoms with Crippen molar-refractivity contribution in [1.29, 1.82) is 0 Å². The number of nitrogens with one attached hydrogen (secondary N) is 1. The topological polar surface area (TPSA) is 56.5 Å². The average molecular weight is 351 g/mol. The van der Waals surface area contributed by atoms with Gasteiger partial charge < -0.3 is 9.47 Å². The van der Waals surface area contributed by atoms with Gasteiger partial charge >= 0.3 is 0 Å². The number of hydrazine groups is 1. The van der Waals surface area contributed by atoms with Crippen molar-refractivity contribution in [2.45, 2.75) is 12.5 Å². The van der Waals surface area contributed by atoms with E-state index in [4.69, 9.17) is 15.3 Å². The van der Waals surface area contributed by atoms with E-state index in [1.165, 1.54) is 5.56 Å². The molecule has 0 aliphatic rings. The summed E-state index contributed by atoms with van der Waals surface area (Å²) in [6, 6.07) is 13.8. The Morgan fingerprint density at radius 1 is 1.10 bits per heavy atom. The molecule has 2 aromatic rings. The standard InChI is InChI=1S/C16H19BrN2O2/c1-20-13-7-12(8-14(10-13)21-2)16(19-18)9-11-5-3-4-6-15(11)17/h3-8,10,16,19H,9,18H2,1-2H3. The molecular formula is C16H19BrN2O2. The molecule has 0 saturated carbocycles. The summed E-state index contributed by atoms with van der Waals surface area (Å²) in [5.74, 6) is 7.23. The van der Waals surface area contributed by atoms with E-state index >= 15 is 0 Å². The van der Waals surface area contributed by atoms with Crippen molar-refractivity contribution < 1.29 is 9.47 Å². The number of methoxy groups -OCH3 is 2. The highest BCUT2D eigenvalue weighted by molar-refractivity contribution is 9.10. The Labute approximate surface area is 133 Å². The Kier molecular flexibility index (Phi) is 5.61. The van der Waals surface area contributed by atoms with Gasteiger partial charge in [-0.15, -0.1) is 0 Å². The molecule has 4 nitrogen and oxygen atoms in total. The zero-order chi connectivity index (χ0) is 15.2. The minimum absolute atomic E-state index is 0.0345. The molecular weight excluding hydrogens is 332 g/mol. The fraction of sp³-hybridized carbons (Fsp3) is 0.250. The van der Waals surface area contributed by atoms with Gasteiger partial charge in [0.25, 0.3) is 0 Å². The molecule has 0 aliphatic carbocycles. The summed E-state index contributed by atoms with van der Waals surface area (Å²) in [6.07, 6.45) is 0.758. The lowest BCUT2D eigenvalue weighted by atomic mass is 9.99. The van der Waals surface area contributed by atoms with Crippen molar-refractivity contribution in [3.63, 3.8) is 0 Å². The molecule has 1 atom stereocenters. The van der Waals surface area contributed by atoms with Gasteiger partial charge in [0.15, 0.2) is 0 Å². The molecule has 0 fully saturated rings. The maximum atomic E-state index is 5.74. The number of hydrogen-bond donors (Lipinski definition) is 2. The fourth-order valence-corrected chi connectivity index (χ4v) is 2.63. The first-order chi connectivity index (χ1) is 10.2. The van der Waals surface area contributed by atoms with Gasteiger partial charge in [-0.2, -0.15) is 0 Å². The number of rotatable bonds is 6. The van der Waals surface area contributed by atoms with Crippen molar-refractivity contribution in [1.82, 2.24) is 5.43 Å². The molecule has 5 heteroatoms. The van der Waals surface area contributed by atoms with Crippen molar-refractivity contribution in [2.75, 3.05) is 14.2 Å². The number of benzene rings is 2. The van der Waals surface area contributed by atoms with Crippen LogP contribution in [0.15, 0.2) is 46.9 Å². The fourth-order valence-electron chi connectivity index (χ4n) is 2.19. The van der Waals surface area contributed by atoms with Crippen LogP contribution in [0.5, 0.6) is 11.5 Å². The van der Waals surface area contributed by atoms with E-state index in [-0.39, 0.29) is 6.04 Å². The van der Waals surface area contributed by atoms with Crippen molar-refractivity contribution in [2.24, 2.45) is 5.84 Å². The van der Waals surface area contributed by atoms with Crippen LogP contribution in [0.4, 0.5) is 0 Å². The smallest absolute Gasteiger partial charge is 0.122 e. The summed E-state index contributed by atoms with van der Waals surface area (Å²) in [5.41, 5.74) is 5.07. The molecule has 2 rings (SSSR count). The van der Waals surface area contributed by atoms with Crippen LogP contribution in [0.25, 0.3) is 0 Å². The maximum absolute atomic E-state index is 5.74. The van der Waals surface area contributed by atoms with Crippen LogP contribution in [0.2, 0.25) is 0 Å². The molecule has 1 unspecified atom stereocenters. The van der Waals surface area contributed by atoms with Gasteiger partial charge in [0.1, 0.15) is 11.5 Å². The molecule has 0 spiro atoms. The van der Waals surface area contributed by atoms with Gasteiger partial charge in [0.2, 0.25) is 0 Å². The molecule has 0 aliphatic heterocycles. The average Bonchev–Trinajstić information content (AvgIpc) is 2.53. The maximum Gasteiger partial charge on any atom is 0.122 e. The molecule has 2 aromatic carbocycles. The van der Waals surface area contributed by atoms with E-state index < -0.39 is 0 Å². The van der Waals surface area contributed by atoms with E-state index in [9.17, 15) is 0 Å². The van der Waals surface area contributed by atoms with E-state index in [0.717, 1.165) is 28.0 Å². The lowest BCUT2D eigenvalue weighted by Gasteiger charge is -2.19. The Hall–Kier alpha value is -1.56. The third-order valence-corrected chi connectivity index (χ3v) is 4.13. The van der Waals surface area contributed by atoms with Gasteiger partial charge in [-0.3, -0.25) is 11.3 Å². The van der Waals surface area contributed by atoms with Crippen LogP contribution >= 0.6 is 15.9 Å². The van der Waals surface area contributed by atoms with Crippen LogP contribution < -0.4 is 20.7 Å². The highest BCUT2D eigenvalue weighted by Crippen LogP contribution is 2.29. The first-order valence-electron chi connectivity index (χ1n) is 6.60. The summed E-state index contributed by atoms with van der Waals surface area (Å²) >= 11 is 3.56. The molecule has 21 heavy (non-hydrogen) atoms. The molecule has 0 aromatic heterocycles. The first-order valence-corrected chi connectivity index (χ1v) is 7.39. The minimum Gasteiger partial charge on any atom is -0.497 e. The van der Waals surface area contributed by atoms with Crippen molar-refractivity contribution in [3.8, 4) is 11.5 Å². The number of nitrogens with two attached hydrogens (primary N) is 1. The summed E-state index contributed by atoms with van der Waals surface area (Å²) in [5, 5.41) is 0. The lowest BCUT2D eigenvalue weighted by molar-refractivity contribution is 0.391. The predicted octanol–water partition coefficient (Wildman–Crippen LogP) is 3.21. The third-order valence-electron chi connectivity index (χ3n) is 3.36. The monoisotopic (exact) mass is 350 g/mol. The van der Waals surface area contributed by atoms with Crippen LogP contribution in [-0.4, -0.2) is 14.2 Å². The first kappa shape index (κ1) is 15.8. The molecule has 3 N–H and O–H groups in total. The van der Waals surface area contributed by atoms with E-state index in [0.29, 0.717) is 0 Å². The number of ether oxygens (including phenoxy) is 2. The largest absolute Gasteiger partial charge is 0.497 e.